The number of hydrogen-bond acceptors (Lipinski definition) is 4. The highest BCUT2D eigenvalue weighted by atomic mass is 32.2. The van der Waals surface area contributed by atoms with Crippen LogP contribution in [0, 0.1) is 6.92 Å². The molecular weight excluding hydrogens is 351 g/mol. The van der Waals surface area contributed by atoms with Gasteiger partial charge in [-0.05, 0) is 61.7 Å². The molecule has 0 bridgehead atoms. The number of anilines is 1. The Morgan fingerprint density at radius 1 is 1.20 bits per heavy atom. The van der Waals surface area contributed by atoms with Crippen LogP contribution in [0.15, 0.2) is 47.4 Å². The van der Waals surface area contributed by atoms with E-state index < -0.39 is 11.7 Å². The molecule has 2 aromatic carbocycles. The molecule has 0 unspecified atom stereocenters. The van der Waals surface area contributed by atoms with Gasteiger partial charge in [-0.2, -0.15) is 13.2 Å². The summed E-state index contributed by atoms with van der Waals surface area (Å²) in [5.74, 6) is 0.760. The van der Waals surface area contributed by atoms with Crippen LogP contribution in [0.1, 0.15) is 18.1 Å². The van der Waals surface area contributed by atoms with Crippen LogP contribution in [0.4, 0.5) is 18.9 Å². The van der Waals surface area contributed by atoms with Gasteiger partial charge in [0.25, 0.3) is 0 Å². The fourth-order valence-electron chi connectivity index (χ4n) is 2.25. The second kappa shape index (κ2) is 8.49. The van der Waals surface area contributed by atoms with Crippen molar-refractivity contribution >= 4 is 17.6 Å². The van der Waals surface area contributed by atoms with Gasteiger partial charge in [0.2, 0.25) is 0 Å². The van der Waals surface area contributed by atoms with Gasteiger partial charge in [-0.15, -0.1) is 0 Å². The summed E-state index contributed by atoms with van der Waals surface area (Å²) in [5.41, 5.74) is 1.35. The lowest BCUT2D eigenvalue weighted by Crippen LogP contribution is -2.26. The molecule has 1 aliphatic rings. The quantitative estimate of drug-likeness (QED) is 0.760. The first kappa shape index (κ1) is 19.5. The molecule has 0 saturated carbocycles. The zero-order valence-electron chi connectivity index (χ0n) is 14.0. The Hall–Kier alpha value is -1.86. The highest BCUT2D eigenvalue weighted by Crippen LogP contribution is 2.40. The van der Waals surface area contributed by atoms with E-state index >= 15 is 0 Å². The standard InChI is InChI=1S/C16H14F3NOS.C2H6O/c1-11-5-6-15-14(9-11)20(7-8-21-15)22-13-4-2-3-12(10-13)16(17,18)19;1-2-3/h2-6,9-10H,7-8H2,1H3;3H,2H2,1H3. The predicted molar refractivity (Wildman–Crippen MR) is 94.1 cm³/mol. The molecule has 0 radical (unpaired) electrons. The van der Waals surface area contributed by atoms with Crippen LogP contribution in [-0.4, -0.2) is 24.9 Å². The summed E-state index contributed by atoms with van der Waals surface area (Å²) in [6.45, 7) is 5.04. The highest BCUT2D eigenvalue weighted by molar-refractivity contribution is 8.00. The molecule has 0 amide bonds. The minimum absolute atomic E-state index is 0.250. The van der Waals surface area contributed by atoms with Crippen molar-refractivity contribution in [3.63, 3.8) is 0 Å². The Kier molecular flexibility index (Phi) is 6.61. The van der Waals surface area contributed by atoms with Crippen LogP contribution >= 0.6 is 11.9 Å². The van der Waals surface area contributed by atoms with Crippen molar-refractivity contribution in [3.8, 4) is 5.75 Å². The molecule has 0 aliphatic carbocycles. The van der Waals surface area contributed by atoms with Crippen molar-refractivity contribution in [1.29, 1.82) is 0 Å². The Morgan fingerprint density at radius 2 is 1.92 bits per heavy atom. The largest absolute Gasteiger partial charge is 0.489 e. The van der Waals surface area contributed by atoms with Crippen molar-refractivity contribution < 1.29 is 23.0 Å². The van der Waals surface area contributed by atoms with Gasteiger partial charge in [-0.3, -0.25) is 0 Å². The number of rotatable bonds is 2. The average molecular weight is 371 g/mol. The van der Waals surface area contributed by atoms with E-state index in [0.29, 0.717) is 18.0 Å². The monoisotopic (exact) mass is 371 g/mol. The average Bonchev–Trinajstić information content (AvgIpc) is 2.56. The smallest absolute Gasteiger partial charge is 0.416 e. The first-order valence-corrected chi connectivity index (χ1v) is 8.59. The first-order chi connectivity index (χ1) is 11.8. The lowest BCUT2D eigenvalue weighted by atomic mass is 10.2. The summed E-state index contributed by atoms with van der Waals surface area (Å²) >= 11 is 1.30. The van der Waals surface area contributed by atoms with Crippen molar-refractivity contribution in [2.24, 2.45) is 0 Å². The van der Waals surface area contributed by atoms with E-state index in [1.165, 1.54) is 24.1 Å². The molecule has 7 heteroatoms. The van der Waals surface area contributed by atoms with Crippen molar-refractivity contribution in [3.05, 3.63) is 53.6 Å². The summed E-state index contributed by atoms with van der Waals surface area (Å²) in [5, 5.41) is 7.57. The maximum absolute atomic E-state index is 12.8. The summed E-state index contributed by atoms with van der Waals surface area (Å²) in [6.07, 6.45) is -4.32. The number of alkyl halides is 3. The second-order valence-electron chi connectivity index (χ2n) is 5.35. The zero-order chi connectivity index (χ0) is 18.4. The SMILES string of the molecule is CCO.Cc1ccc2c(c1)N(Sc1cccc(C(F)(F)F)c1)CCO2. The van der Waals surface area contributed by atoms with Crippen molar-refractivity contribution in [2.45, 2.75) is 24.9 Å². The number of aryl methyl sites for hydroxylation is 1. The third kappa shape index (κ3) is 5.31. The van der Waals surface area contributed by atoms with Gasteiger partial charge in [0.05, 0.1) is 17.8 Å². The minimum Gasteiger partial charge on any atom is -0.489 e. The molecular formula is C18H20F3NO2S. The van der Waals surface area contributed by atoms with E-state index in [1.54, 1.807) is 13.0 Å². The molecule has 3 nitrogen and oxygen atoms in total. The molecule has 0 spiro atoms. The van der Waals surface area contributed by atoms with Crippen LogP contribution in [0.5, 0.6) is 5.75 Å². The second-order valence-corrected chi connectivity index (χ2v) is 6.45. The van der Waals surface area contributed by atoms with Crippen LogP contribution in [0.25, 0.3) is 0 Å². The van der Waals surface area contributed by atoms with E-state index in [4.69, 9.17) is 9.84 Å². The fourth-order valence-corrected chi connectivity index (χ4v) is 3.24. The number of aliphatic hydroxyl groups is 1. The molecule has 1 heterocycles. The maximum atomic E-state index is 12.8. The van der Waals surface area contributed by atoms with Gasteiger partial charge in [0, 0.05) is 11.5 Å². The molecule has 0 aromatic heterocycles. The van der Waals surface area contributed by atoms with Gasteiger partial charge in [0.15, 0.2) is 0 Å². The Balaban J connectivity index is 0.000000701. The van der Waals surface area contributed by atoms with E-state index in [0.717, 1.165) is 23.1 Å². The predicted octanol–water partition coefficient (Wildman–Crippen LogP) is 4.92. The van der Waals surface area contributed by atoms with Gasteiger partial charge >= 0.3 is 6.18 Å². The van der Waals surface area contributed by atoms with Gasteiger partial charge in [-0.1, -0.05) is 12.1 Å². The van der Waals surface area contributed by atoms with Crippen molar-refractivity contribution in [1.82, 2.24) is 0 Å². The van der Waals surface area contributed by atoms with E-state index in [1.807, 2.05) is 29.4 Å². The number of fused-ring (bicyclic) bond motifs is 1. The van der Waals surface area contributed by atoms with E-state index in [-0.39, 0.29) is 6.61 Å². The normalized spacial score (nSPS) is 13.4. The number of aliphatic hydroxyl groups excluding tert-OH is 1. The summed E-state index contributed by atoms with van der Waals surface area (Å²) in [4.78, 5) is 0.559. The van der Waals surface area contributed by atoms with E-state index in [2.05, 4.69) is 0 Å². The van der Waals surface area contributed by atoms with Gasteiger partial charge in [-0.25, -0.2) is 0 Å². The molecule has 1 aliphatic heterocycles. The maximum Gasteiger partial charge on any atom is 0.416 e. The van der Waals surface area contributed by atoms with Crippen LogP contribution in [0.3, 0.4) is 0 Å². The fraction of sp³-hybridized carbons (Fsp3) is 0.333. The number of hydrogen-bond donors (Lipinski definition) is 1. The van der Waals surface area contributed by atoms with Crippen LogP contribution < -0.4 is 9.04 Å². The zero-order valence-corrected chi connectivity index (χ0v) is 14.8. The molecule has 0 fully saturated rings. The first-order valence-electron chi connectivity index (χ1n) is 7.82. The lowest BCUT2D eigenvalue weighted by molar-refractivity contribution is -0.137. The van der Waals surface area contributed by atoms with Gasteiger partial charge < -0.3 is 14.1 Å². The topological polar surface area (TPSA) is 32.7 Å². The lowest BCUT2D eigenvalue weighted by Gasteiger charge is -2.30. The minimum atomic E-state index is -4.32. The van der Waals surface area contributed by atoms with Crippen molar-refractivity contribution in [2.75, 3.05) is 24.1 Å². The molecule has 1 N–H and O–H groups in total. The number of benzene rings is 2. The number of nitrogens with zero attached hydrogens (tertiary/aromatic N) is 1. The van der Waals surface area contributed by atoms with E-state index in [9.17, 15) is 13.2 Å². The van der Waals surface area contributed by atoms with Crippen LogP contribution in [-0.2, 0) is 6.18 Å². The molecule has 0 atom stereocenters. The summed E-state index contributed by atoms with van der Waals surface area (Å²) in [7, 11) is 0. The number of halogens is 3. The molecule has 136 valence electrons. The van der Waals surface area contributed by atoms with Crippen LogP contribution in [0.2, 0.25) is 0 Å². The summed E-state index contributed by atoms with van der Waals surface area (Å²) in [6, 6.07) is 11.2. The molecule has 2 aromatic rings. The third-order valence-electron chi connectivity index (χ3n) is 3.31. The Labute approximate surface area is 149 Å². The highest BCUT2D eigenvalue weighted by Gasteiger charge is 2.30. The summed E-state index contributed by atoms with van der Waals surface area (Å²) < 4.78 is 45.9. The molecule has 3 rings (SSSR count). The van der Waals surface area contributed by atoms with Gasteiger partial charge in [0.1, 0.15) is 12.4 Å². The third-order valence-corrected chi connectivity index (χ3v) is 4.38. The Bertz CT molecular complexity index is 707. The molecule has 25 heavy (non-hydrogen) atoms. The molecule has 0 saturated heterocycles. The Morgan fingerprint density at radius 3 is 2.60 bits per heavy atom. The number of ether oxygens (including phenoxy) is 1.